The number of aromatic nitrogens is 4. The van der Waals surface area contributed by atoms with Gasteiger partial charge in [0, 0.05) is 16.3 Å². The van der Waals surface area contributed by atoms with Gasteiger partial charge in [-0.1, -0.05) is 29.8 Å². The molecular formula is C23H20ClN5O3. The van der Waals surface area contributed by atoms with Gasteiger partial charge < -0.3 is 10.1 Å². The molecule has 2 aromatic carbocycles. The minimum atomic E-state index is -0.392. The Morgan fingerprint density at radius 2 is 2.03 bits per heavy atom. The second-order valence-electron chi connectivity index (χ2n) is 7.67. The van der Waals surface area contributed by atoms with Crippen LogP contribution in [0.4, 0.5) is 5.69 Å². The fourth-order valence-electron chi connectivity index (χ4n) is 3.74. The van der Waals surface area contributed by atoms with E-state index >= 15 is 0 Å². The lowest BCUT2D eigenvalue weighted by Crippen LogP contribution is -2.31. The zero-order chi connectivity index (χ0) is 22.2. The predicted octanol–water partition coefficient (Wildman–Crippen LogP) is 3.76. The third kappa shape index (κ3) is 3.73. The van der Waals surface area contributed by atoms with Crippen LogP contribution in [0.3, 0.4) is 0 Å². The van der Waals surface area contributed by atoms with E-state index in [9.17, 15) is 9.59 Å². The van der Waals surface area contributed by atoms with Gasteiger partial charge in [0.15, 0.2) is 0 Å². The van der Waals surface area contributed by atoms with Gasteiger partial charge in [-0.25, -0.2) is 9.36 Å². The summed E-state index contributed by atoms with van der Waals surface area (Å²) in [6.07, 6.45) is 3.66. The van der Waals surface area contributed by atoms with Crippen LogP contribution >= 0.6 is 11.6 Å². The van der Waals surface area contributed by atoms with E-state index in [2.05, 4.69) is 15.5 Å². The first kappa shape index (κ1) is 20.3. The summed E-state index contributed by atoms with van der Waals surface area (Å²) in [6.45, 7) is -0.229. The molecule has 1 N–H and O–H groups in total. The van der Waals surface area contributed by atoms with E-state index in [1.165, 1.54) is 11.8 Å². The quantitative estimate of drug-likeness (QED) is 0.484. The number of carbonyl (C=O) groups excluding carboxylic acids is 1. The van der Waals surface area contributed by atoms with Crippen molar-refractivity contribution in [1.29, 1.82) is 0 Å². The number of anilines is 1. The Balaban J connectivity index is 1.56. The largest absolute Gasteiger partial charge is 0.495 e. The van der Waals surface area contributed by atoms with Crippen LogP contribution in [-0.2, 0) is 11.3 Å². The number of hydrogen-bond donors (Lipinski definition) is 1. The van der Waals surface area contributed by atoms with Gasteiger partial charge in [0.25, 0.3) is 5.56 Å². The Morgan fingerprint density at radius 1 is 1.22 bits per heavy atom. The van der Waals surface area contributed by atoms with Crippen molar-refractivity contribution in [2.24, 2.45) is 0 Å². The van der Waals surface area contributed by atoms with E-state index in [0.717, 1.165) is 18.5 Å². The van der Waals surface area contributed by atoms with Crippen molar-refractivity contribution in [3.8, 4) is 11.4 Å². The molecule has 5 rings (SSSR count). The maximum absolute atomic E-state index is 13.4. The summed E-state index contributed by atoms with van der Waals surface area (Å²) < 4.78 is 8.05. The van der Waals surface area contributed by atoms with E-state index in [-0.39, 0.29) is 18.4 Å². The zero-order valence-electron chi connectivity index (χ0n) is 17.3. The molecule has 1 amide bonds. The van der Waals surface area contributed by atoms with Crippen molar-refractivity contribution in [3.63, 3.8) is 0 Å². The lowest BCUT2D eigenvalue weighted by atomic mass is 10.2. The van der Waals surface area contributed by atoms with Crippen LogP contribution in [0.25, 0.3) is 16.6 Å². The minimum absolute atomic E-state index is 0.229. The molecule has 0 bridgehead atoms. The second-order valence-corrected chi connectivity index (χ2v) is 8.11. The molecule has 9 heteroatoms. The number of nitrogens with one attached hydrogen (secondary N) is 1. The number of benzene rings is 2. The summed E-state index contributed by atoms with van der Waals surface area (Å²) in [5, 5.41) is 13.0. The van der Waals surface area contributed by atoms with E-state index in [1.807, 2.05) is 12.1 Å². The monoisotopic (exact) mass is 449 g/mol. The van der Waals surface area contributed by atoms with Crippen LogP contribution < -0.4 is 15.6 Å². The number of amides is 1. The van der Waals surface area contributed by atoms with Gasteiger partial charge in [-0.05, 0) is 43.2 Å². The SMILES string of the molecule is COc1ccccc1NC(=O)Cn1nc(C2CC2)c2cnn(-c3cccc(Cl)c3)c2c1=O. The number of carbonyl (C=O) groups is 1. The Bertz CT molecular complexity index is 1390. The molecule has 0 radical (unpaired) electrons. The number of nitrogens with zero attached hydrogens (tertiary/aromatic N) is 4. The van der Waals surface area contributed by atoms with Crippen molar-refractivity contribution < 1.29 is 9.53 Å². The molecule has 0 spiro atoms. The van der Waals surface area contributed by atoms with E-state index in [1.54, 1.807) is 47.3 Å². The van der Waals surface area contributed by atoms with Gasteiger partial charge in [0.05, 0.1) is 30.4 Å². The van der Waals surface area contributed by atoms with E-state index in [4.69, 9.17) is 16.3 Å². The fraction of sp³-hybridized carbons (Fsp3) is 0.217. The van der Waals surface area contributed by atoms with E-state index in [0.29, 0.717) is 33.0 Å². The number of halogens is 1. The molecule has 0 saturated heterocycles. The van der Waals surface area contributed by atoms with Gasteiger partial charge in [0.1, 0.15) is 17.8 Å². The fourth-order valence-corrected chi connectivity index (χ4v) is 3.92. The number of hydrogen-bond acceptors (Lipinski definition) is 5. The molecule has 1 aliphatic carbocycles. The molecule has 2 heterocycles. The molecule has 4 aromatic rings. The normalized spacial score (nSPS) is 13.3. The Kier molecular flexibility index (Phi) is 5.14. The second kappa shape index (κ2) is 8.12. The average molecular weight is 450 g/mol. The van der Waals surface area contributed by atoms with Crippen LogP contribution in [0.15, 0.2) is 59.5 Å². The third-order valence-corrected chi connectivity index (χ3v) is 5.64. The molecule has 8 nitrogen and oxygen atoms in total. The topological polar surface area (TPSA) is 91.0 Å². The number of para-hydroxylation sites is 2. The van der Waals surface area contributed by atoms with Crippen molar-refractivity contribution in [1.82, 2.24) is 19.6 Å². The molecule has 32 heavy (non-hydrogen) atoms. The molecular weight excluding hydrogens is 430 g/mol. The standard InChI is InChI=1S/C23H20ClN5O3/c1-32-19-8-3-2-7-18(19)26-20(30)13-28-23(31)22-17(21(27-28)14-9-10-14)12-25-29(22)16-6-4-5-15(24)11-16/h2-8,11-12,14H,9-10,13H2,1H3,(H,26,30). The smallest absolute Gasteiger partial charge is 0.293 e. The molecule has 1 saturated carbocycles. The lowest BCUT2D eigenvalue weighted by Gasteiger charge is -2.12. The first-order chi connectivity index (χ1) is 15.5. The van der Waals surface area contributed by atoms with Gasteiger partial charge in [-0.3, -0.25) is 9.59 Å². The molecule has 162 valence electrons. The number of fused-ring (bicyclic) bond motifs is 1. The molecule has 2 aromatic heterocycles. The Morgan fingerprint density at radius 3 is 2.78 bits per heavy atom. The summed E-state index contributed by atoms with van der Waals surface area (Å²) >= 11 is 6.15. The first-order valence-electron chi connectivity index (χ1n) is 10.2. The summed E-state index contributed by atoms with van der Waals surface area (Å²) in [7, 11) is 1.53. The molecule has 0 atom stereocenters. The highest BCUT2D eigenvalue weighted by atomic mass is 35.5. The van der Waals surface area contributed by atoms with Crippen LogP contribution in [-0.4, -0.2) is 32.6 Å². The van der Waals surface area contributed by atoms with Gasteiger partial charge in [-0.15, -0.1) is 0 Å². The predicted molar refractivity (Wildman–Crippen MR) is 122 cm³/mol. The first-order valence-corrected chi connectivity index (χ1v) is 10.6. The van der Waals surface area contributed by atoms with Gasteiger partial charge in [-0.2, -0.15) is 10.2 Å². The maximum atomic E-state index is 13.4. The Hall–Kier alpha value is -3.65. The summed E-state index contributed by atoms with van der Waals surface area (Å²) in [5.74, 6) is 0.423. The molecule has 1 fully saturated rings. The molecule has 0 aliphatic heterocycles. The summed E-state index contributed by atoms with van der Waals surface area (Å²) in [4.78, 5) is 26.1. The minimum Gasteiger partial charge on any atom is -0.495 e. The molecule has 0 unspecified atom stereocenters. The van der Waals surface area contributed by atoms with E-state index < -0.39 is 5.56 Å². The number of ether oxygens (including phenoxy) is 1. The van der Waals surface area contributed by atoms with Crippen molar-refractivity contribution >= 4 is 34.1 Å². The summed E-state index contributed by atoms with van der Waals surface area (Å²) in [6, 6.07) is 14.2. The summed E-state index contributed by atoms with van der Waals surface area (Å²) in [5.41, 5.74) is 1.98. The van der Waals surface area contributed by atoms with Gasteiger partial charge in [0.2, 0.25) is 5.91 Å². The van der Waals surface area contributed by atoms with Crippen molar-refractivity contribution in [3.05, 3.63) is 75.8 Å². The Labute approximate surface area is 188 Å². The third-order valence-electron chi connectivity index (χ3n) is 5.40. The van der Waals surface area contributed by atoms with Gasteiger partial charge >= 0.3 is 0 Å². The van der Waals surface area contributed by atoms with Crippen LogP contribution in [0.5, 0.6) is 5.75 Å². The highest BCUT2D eigenvalue weighted by molar-refractivity contribution is 6.30. The maximum Gasteiger partial charge on any atom is 0.293 e. The number of rotatable bonds is 6. The average Bonchev–Trinajstić information content (AvgIpc) is 3.53. The van der Waals surface area contributed by atoms with Crippen molar-refractivity contribution in [2.75, 3.05) is 12.4 Å². The zero-order valence-corrected chi connectivity index (χ0v) is 18.0. The highest BCUT2D eigenvalue weighted by Crippen LogP contribution is 2.41. The van der Waals surface area contributed by atoms with Crippen LogP contribution in [0.2, 0.25) is 5.02 Å². The van der Waals surface area contributed by atoms with Crippen LogP contribution in [0, 0.1) is 0 Å². The van der Waals surface area contributed by atoms with Crippen LogP contribution in [0.1, 0.15) is 24.5 Å². The number of methoxy groups -OCH3 is 1. The highest BCUT2D eigenvalue weighted by Gasteiger charge is 2.30. The molecule has 1 aliphatic rings. The van der Waals surface area contributed by atoms with Crippen molar-refractivity contribution in [2.45, 2.75) is 25.3 Å². The lowest BCUT2D eigenvalue weighted by molar-refractivity contribution is -0.117.